The highest BCUT2D eigenvalue weighted by Gasteiger charge is 2.15. The summed E-state index contributed by atoms with van der Waals surface area (Å²) in [7, 11) is 0. The van der Waals surface area contributed by atoms with E-state index in [2.05, 4.69) is 18.9 Å². The zero-order chi connectivity index (χ0) is 12.8. The van der Waals surface area contributed by atoms with Gasteiger partial charge in [0, 0.05) is 24.8 Å². The standard InChI is InChI=1S/C12H22ClN3S/c1-4-6-17-8-10(14)7-11-12(13)9(3)15-16(11)5-2/h10H,4-8,14H2,1-3H3. The maximum absolute atomic E-state index is 6.25. The van der Waals surface area contributed by atoms with Crippen LogP contribution in [0.25, 0.3) is 0 Å². The molecule has 1 unspecified atom stereocenters. The first-order valence-corrected chi connectivity index (χ1v) is 7.68. The molecule has 0 fully saturated rings. The number of nitrogens with two attached hydrogens (primary N) is 1. The van der Waals surface area contributed by atoms with Crippen LogP contribution in [0.1, 0.15) is 31.7 Å². The van der Waals surface area contributed by atoms with Crippen molar-refractivity contribution < 1.29 is 0 Å². The minimum absolute atomic E-state index is 0.158. The average Bonchev–Trinajstić information content (AvgIpc) is 2.57. The first-order chi connectivity index (χ1) is 8.10. The van der Waals surface area contributed by atoms with Crippen LogP contribution in [0.4, 0.5) is 0 Å². The molecule has 0 radical (unpaired) electrons. The molecule has 0 bridgehead atoms. The molecular formula is C12H22ClN3S. The largest absolute Gasteiger partial charge is 0.327 e. The molecule has 1 rings (SSSR count). The molecule has 0 spiro atoms. The summed E-state index contributed by atoms with van der Waals surface area (Å²) in [5.74, 6) is 2.16. The van der Waals surface area contributed by atoms with Crippen molar-refractivity contribution in [1.29, 1.82) is 0 Å². The van der Waals surface area contributed by atoms with Crippen LogP contribution < -0.4 is 5.73 Å². The lowest BCUT2D eigenvalue weighted by Crippen LogP contribution is -2.27. The highest BCUT2D eigenvalue weighted by Crippen LogP contribution is 2.22. The summed E-state index contributed by atoms with van der Waals surface area (Å²) < 4.78 is 1.96. The van der Waals surface area contributed by atoms with E-state index in [-0.39, 0.29) is 6.04 Å². The number of thioether (sulfide) groups is 1. The third-order valence-electron chi connectivity index (χ3n) is 2.59. The van der Waals surface area contributed by atoms with E-state index in [1.54, 1.807) is 0 Å². The molecule has 1 heterocycles. The fraction of sp³-hybridized carbons (Fsp3) is 0.750. The Morgan fingerprint density at radius 1 is 1.47 bits per heavy atom. The summed E-state index contributed by atoms with van der Waals surface area (Å²) in [5.41, 5.74) is 8.11. The van der Waals surface area contributed by atoms with Gasteiger partial charge < -0.3 is 5.73 Å². The number of hydrogen-bond acceptors (Lipinski definition) is 3. The number of aromatic nitrogens is 2. The molecule has 0 aromatic carbocycles. The first kappa shape index (κ1) is 14.9. The summed E-state index contributed by atoms with van der Waals surface area (Å²) in [6.45, 7) is 7.04. The Balaban J connectivity index is 2.60. The van der Waals surface area contributed by atoms with Gasteiger partial charge in [-0.3, -0.25) is 4.68 Å². The molecule has 3 nitrogen and oxygen atoms in total. The van der Waals surface area contributed by atoms with Crippen molar-refractivity contribution in [3.63, 3.8) is 0 Å². The normalized spacial score (nSPS) is 13.0. The van der Waals surface area contributed by atoms with Crippen LogP contribution in [0.2, 0.25) is 5.02 Å². The Hall–Kier alpha value is -0.190. The van der Waals surface area contributed by atoms with E-state index < -0.39 is 0 Å². The number of halogens is 1. The number of aryl methyl sites for hydroxylation is 2. The molecule has 1 aromatic heterocycles. The van der Waals surface area contributed by atoms with Gasteiger partial charge in [0.15, 0.2) is 0 Å². The predicted octanol–water partition coefficient (Wildman–Crippen LogP) is 2.88. The molecule has 2 N–H and O–H groups in total. The summed E-state index contributed by atoms with van der Waals surface area (Å²) in [5, 5.41) is 5.18. The monoisotopic (exact) mass is 275 g/mol. The van der Waals surface area contributed by atoms with Gasteiger partial charge in [-0.25, -0.2) is 0 Å². The van der Waals surface area contributed by atoms with E-state index in [1.165, 1.54) is 12.2 Å². The van der Waals surface area contributed by atoms with E-state index in [0.717, 1.165) is 35.1 Å². The van der Waals surface area contributed by atoms with Gasteiger partial charge in [-0.1, -0.05) is 18.5 Å². The molecule has 0 aliphatic rings. The van der Waals surface area contributed by atoms with Crippen LogP contribution in [0.3, 0.4) is 0 Å². The van der Waals surface area contributed by atoms with Crippen molar-refractivity contribution in [1.82, 2.24) is 9.78 Å². The van der Waals surface area contributed by atoms with Crippen LogP contribution in [0.5, 0.6) is 0 Å². The molecule has 0 aliphatic carbocycles. The third-order valence-corrected chi connectivity index (χ3v) is 4.44. The van der Waals surface area contributed by atoms with Gasteiger partial charge in [-0.15, -0.1) is 0 Å². The summed E-state index contributed by atoms with van der Waals surface area (Å²) in [6.07, 6.45) is 2.01. The summed E-state index contributed by atoms with van der Waals surface area (Å²) in [6, 6.07) is 0.158. The van der Waals surface area contributed by atoms with Crippen molar-refractivity contribution in [2.45, 2.75) is 46.2 Å². The van der Waals surface area contributed by atoms with Gasteiger partial charge in [0.25, 0.3) is 0 Å². The average molecular weight is 276 g/mol. The van der Waals surface area contributed by atoms with E-state index in [0.29, 0.717) is 0 Å². The highest BCUT2D eigenvalue weighted by atomic mass is 35.5. The van der Waals surface area contributed by atoms with Gasteiger partial charge in [0.1, 0.15) is 0 Å². The number of nitrogens with zero attached hydrogens (tertiary/aromatic N) is 2. The Kier molecular flexibility index (Phi) is 6.38. The number of rotatable bonds is 7. The maximum atomic E-state index is 6.25. The van der Waals surface area contributed by atoms with E-state index in [4.69, 9.17) is 17.3 Å². The molecule has 17 heavy (non-hydrogen) atoms. The minimum atomic E-state index is 0.158. The Bertz CT molecular complexity index is 352. The van der Waals surface area contributed by atoms with Crippen LogP contribution in [-0.4, -0.2) is 27.3 Å². The van der Waals surface area contributed by atoms with E-state index in [1.807, 2.05) is 23.4 Å². The second-order valence-corrected chi connectivity index (χ2v) is 5.73. The maximum Gasteiger partial charge on any atom is 0.0847 e. The fourth-order valence-corrected chi connectivity index (χ4v) is 2.84. The van der Waals surface area contributed by atoms with Crippen LogP contribution >= 0.6 is 23.4 Å². The predicted molar refractivity (Wildman–Crippen MR) is 76.9 cm³/mol. The van der Waals surface area contributed by atoms with Crippen molar-refractivity contribution in [3.8, 4) is 0 Å². The lowest BCUT2D eigenvalue weighted by molar-refractivity contribution is 0.594. The van der Waals surface area contributed by atoms with E-state index in [9.17, 15) is 0 Å². The van der Waals surface area contributed by atoms with Crippen LogP contribution in [-0.2, 0) is 13.0 Å². The van der Waals surface area contributed by atoms with Crippen LogP contribution in [0, 0.1) is 6.92 Å². The molecule has 5 heteroatoms. The molecule has 0 saturated heterocycles. The molecule has 98 valence electrons. The van der Waals surface area contributed by atoms with Gasteiger partial charge in [0.05, 0.1) is 16.4 Å². The minimum Gasteiger partial charge on any atom is -0.327 e. The van der Waals surface area contributed by atoms with Gasteiger partial charge >= 0.3 is 0 Å². The van der Waals surface area contributed by atoms with Crippen LogP contribution in [0.15, 0.2) is 0 Å². The molecule has 1 atom stereocenters. The first-order valence-electron chi connectivity index (χ1n) is 6.15. The SMILES string of the molecule is CCCSCC(N)Cc1c(Cl)c(C)nn1CC. The van der Waals surface area contributed by atoms with Gasteiger partial charge in [-0.2, -0.15) is 16.9 Å². The highest BCUT2D eigenvalue weighted by molar-refractivity contribution is 7.99. The lowest BCUT2D eigenvalue weighted by Gasteiger charge is -2.12. The molecule has 1 aromatic rings. The summed E-state index contributed by atoms with van der Waals surface area (Å²) >= 11 is 8.16. The Morgan fingerprint density at radius 2 is 2.18 bits per heavy atom. The Labute approximate surface area is 113 Å². The fourth-order valence-electron chi connectivity index (χ4n) is 1.75. The lowest BCUT2D eigenvalue weighted by atomic mass is 10.2. The zero-order valence-corrected chi connectivity index (χ0v) is 12.4. The molecule has 0 aliphatic heterocycles. The van der Waals surface area contributed by atoms with Crippen molar-refractivity contribution in [2.24, 2.45) is 5.73 Å². The Morgan fingerprint density at radius 3 is 2.76 bits per heavy atom. The number of hydrogen-bond donors (Lipinski definition) is 1. The van der Waals surface area contributed by atoms with E-state index >= 15 is 0 Å². The van der Waals surface area contributed by atoms with Crippen molar-refractivity contribution in [3.05, 3.63) is 16.4 Å². The summed E-state index contributed by atoms with van der Waals surface area (Å²) in [4.78, 5) is 0. The quantitative estimate of drug-likeness (QED) is 0.778. The molecular weight excluding hydrogens is 254 g/mol. The topological polar surface area (TPSA) is 43.8 Å². The molecule has 0 amide bonds. The second-order valence-electron chi connectivity index (χ2n) is 4.20. The van der Waals surface area contributed by atoms with Gasteiger partial charge in [0.2, 0.25) is 0 Å². The second kappa shape index (κ2) is 7.29. The van der Waals surface area contributed by atoms with Crippen molar-refractivity contribution >= 4 is 23.4 Å². The third kappa shape index (κ3) is 4.19. The van der Waals surface area contributed by atoms with Crippen molar-refractivity contribution in [2.75, 3.05) is 11.5 Å². The van der Waals surface area contributed by atoms with Gasteiger partial charge in [-0.05, 0) is 26.0 Å². The zero-order valence-electron chi connectivity index (χ0n) is 10.9. The molecule has 0 saturated carbocycles. The smallest absolute Gasteiger partial charge is 0.0847 e.